The van der Waals surface area contributed by atoms with Gasteiger partial charge in [-0.25, -0.2) is 8.42 Å². The van der Waals surface area contributed by atoms with Gasteiger partial charge >= 0.3 is 0 Å². The van der Waals surface area contributed by atoms with E-state index in [4.69, 9.17) is 4.74 Å². The maximum atomic E-state index is 12.5. The molecule has 1 amide bonds. The van der Waals surface area contributed by atoms with Gasteiger partial charge in [0, 0.05) is 5.56 Å². The van der Waals surface area contributed by atoms with Crippen molar-refractivity contribution in [1.29, 1.82) is 0 Å². The van der Waals surface area contributed by atoms with E-state index in [-0.39, 0.29) is 12.5 Å². The highest BCUT2D eigenvalue weighted by Gasteiger charge is 2.19. The molecule has 7 heteroatoms. The Morgan fingerprint density at radius 2 is 1.51 bits per heavy atom. The number of hydrogen-bond donors (Lipinski definition) is 1. The predicted octanol–water partition coefficient (Wildman–Crippen LogP) is 5.03. The SMILES string of the molecule is CCCc1ccc(OCCNC(=O)c2ccc(CN(c3cc(C)cc(C)c3)S(C)(=O)=O)cc2)cc1. The summed E-state index contributed by atoms with van der Waals surface area (Å²) in [4.78, 5) is 12.5. The second-order valence-electron chi connectivity index (χ2n) is 8.81. The number of carbonyl (C=O) groups excluding carboxylic acids is 1. The summed E-state index contributed by atoms with van der Waals surface area (Å²) in [5.41, 5.74) is 5.21. The minimum atomic E-state index is -3.48. The van der Waals surface area contributed by atoms with Crippen LogP contribution in [0, 0.1) is 13.8 Å². The standard InChI is InChI=1S/C28H34N2O4S/c1-5-6-23-9-13-27(14-10-23)34-16-15-29-28(31)25-11-7-24(8-12-25)20-30(35(4,32)33)26-18-21(2)17-22(3)19-26/h7-14,17-19H,5-6,15-16,20H2,1-4H3,(H,29,31). The molecule has 0 heterocycles. The smallest absolute Gasteiger partial charge is 0.251 e. The Balaban J connectivity index is 1.55. The van der Waals surface area contributed by atoms with Gasteiger partial charge in [0.1, 0.15) is 12.4 Å². The summed E-state index contributed by atoms with van der Waals surface area (Å²) in [7, 11) is -3.48. The summed E-state index contributed by atoms with van der Waals surface area (Å²) in [6.07, 6.45) is 3.36. The number of benzene rings is 3. The molecule has 0 atom stereocenters. The molecule has 0 saturated carbocycles. The van der Waals surface area contributed by atoms with E-state index in [1.165, 1.54) is 16.1 Å². The second-order valence-corrected chi connectivity index (χ2v) is 10.7. The van der Waals surface area contributed by atoms with E-state index in [0.29, 0.717) is 24.4 Å². The van der Waals surface area contributed by atoms with E-state index in [0.717, 1.165) is 35.3 Å². The molecular weight excluding hydrogens is 460 g/mol. The van der Waals surface area contributed by atoms with Crippen molar-refractivity contribution in [3.8, 4) is 5.75 Å². The van der Waals surface area contributed by atoms with E-state index < -0.39 is 10.0 Å². The molecular formula is C28H34N2O4S. The topological polar surface area (TPSA) is 75.7 Å². The van der Waals surface area contributed by atoms with E-state index >= 15 is 0 Å². The van der Waals surface area contributed by atoms with E-state index in [9.17, 15) is 13.2 Å². The molecule has 0 saturated heterocycles. The summed E-state index contributed by atoms with van der Waals surface area (Å²) in [6, 6.07) is 20.7. The number of carbonyl (C=O) groups is 1. The number of anilines is 1. The highest BCUT2D eigenvalue weighted by atomic mass is 32.2. The molecule has 1 N–H and O–H groups in total. The van der Waals surface area contributed by atoms with Gasteiger partial charge in [-0.2, -0.15) is 0 Å². The molecule has 6 nitrogen and oxygen atoms in total. The number of aryl methyl sites for hydroxylation is 3. The third kappa shape index (κ3) is 7.86. The number of amides is 1. The van der Waals surface area contributed by atoms with Crippen LogP contribution in [-0.4, -0.2) is 33.7 Å². The molecule has 3 aromatic carbocycles. The van der Waals surface area contributed by atoms with Crippen molar-refractivity contribution in [1.82, 2.24) is 5.32 Å². The lowest BCUT2D eigenvalue weighted by Crippen LogP contribution is -2.30. The van der Waals surface area contributed by atoms with Gasteiger partial charge in [-0.3, -0.25) is 9.10 Å². The number of hydrogen-bond acceptors (Lipinski definition) is 4. The van der Waals surface area contributed by atoms with Crippen molar-refractivity contribution in [2.75, 3.05) is 23.7 Å². The zero-order chi connectivity index (χ0) is 25.4. The lowest BCUT2D eigenvalue weighted by atomic mass is 10.1. The Labute approximate surface area is 209 Å². The summed E-state index contributed by atoms with van der Waals surface area (Å²) < 4.78 is 32.0. The first-order chi connectivity index (χ1) is 16.7. The van der Waals surface area contributed by atoms with Crippen LogP contribution in [0.3, 0.4) is 0 Å². The van der Waals surface area contributed by atoms with Gasteiger partial charge in [0.2, 0.25) is 10.0 Å². The van der Waals surface area contributed by atoms with Crippen molar-refractivity contribution in [3.05, 3.63) is 94.5 Å². The molecule has 0 aliphatic carbocycles. The molecule has 0 aromatic heterocycles. The third-order valence-electron chi connectivity index (χ3n) is 5.56. The van der Waals surface area contributed by atoms with Crippen LogP contribution in [0.15, 0.2) is 66.7 Å². The molecule has 0 fully saturated rings. The fourth-order valence-electron chi connectivity index (χ4n) is 3.90. The fourth-order valence-corrected chi connectivity index (χ4v) is 4.77. The number of rotatable bonds is 11. The van der Waals surface area contributed by atoms with Gasteiger partial charge in [0.25, 0.3) is 5.91 Å². The van der Waals surface area contributed by atoms with Gasteiger partial charge in [-0.1, -0.05) is 43.7 Å². The third-order valence-corrected chi connectivity index (χ3v) is 6.70. The van der Waals surface area contributed by atoms with Crippen LogP contribution in [0.25, 0.3) is 0 Å². The van der Waals surface area contributed by atoms with E-state index in [1.54, 1.807) is 24.3 Å². The molecule has 0 bridgehead atoms. The van der Waals surface area contributed by atoms with Crippen molar-refractivity contribution in [2.45, 2.75) is 40.2 Å². The zero-order valence-corrected chi connectivity index (χ0v) is 21.7. The van der Waals surface area contributed by atoms with Crippen molar-refractivity contribution >= 4 is 21.6 Å². The van der Waals surface area contributed by atoms with Crippen molar-refractivity contribution in [3.63, 3.8) is 0 Å². The molecule has 0 radical (unpaired) electrons. The van der Waals surface area contributed by atoms with Crippen molar-refractivity contribution < 1.29 is 17.9 Å². The van der Waals surface area contributed by atoms with Crippen LogP contribution in [0.5, 0.6) is 5.75 Å². The van der Waals surface area contributed by atoms with E-state index in [2.05, 4.69) is 24.4 Å². The summed E-state index contributed by atoms with van der Waals surface area (Å²) in [5, 5.41) is 2.85. The average Bonchev–Trinajstić information content (AvgIpc) is 2.80. The Morgan fingerprint density at radius 3 is 2.09 bits per heavy atom. The summed E-state index contributed by atoms with van der Waals surface area (Å²) in [6.45, 7) is 6.98. The molecule has 186 valence electrons. The van der Waals surface area contributed by atoms with Gasteiger partial charge in [0.15, 0.2) is 0 Å². The maximum absolute atomic E-state index is 12.5. The first kappa shape index (κ1) is 26.3. The first-order valence-corrected chi connectivity index (χ1v) is 13.7. The molecule has 0 aliphatic heterocycles. The molecule has 0 aliphatic rings. The van der Waals surface area contributed by atoms with Gasteiger partial charge in [0.05, 0.1) is 25.0 Å². The quantitative estimate of drug-likeness (QED) is 0.379. The molecule has 35 heavy (non-hydrogen) atoms. The van der Waals surface area contributed by atoms with Crippen LogP contribution in [0.2, 0.25) is 0 Å². The Kier molecular flexibility index (Phi) is 8.93. The number of sulfonamides is 1. The Morgan fingerprint density at radius 1 is 0.914 bits per heavy atom. The minimum absolute atomic E-state index is 0.189. The summed E-state index contributed by atoms with van der Waals surface area (Å²) >= 11 is 0. The Bertz CT molecular complexity index is 1220. The minimum Gasteiger partial charge on any atom is -0.492 e. The Hall–Kier alpha value is -3.32. The molecule has 3 aromatic rings. The average molecular weight is 495 g/mol. The zero-order valence-electron chi connectivity index (χ0n) is 20.9. The highest BCUT2D eigenvalue weighted by molar-refractivity contribution is 7.92. The van der Waals surface area contributed by atoms with Gasteiger partial charge in [-0.05, 0) is 78.9 Å². The first-order valence-electron chi connectivity index (χ1n) is 11.8. The van der Waals surface area contributed by atoms with Crippen LogP contribution in [-0.2, 0) is 23.0 Å². The molecule has 0 unspecified atom stereocenters. The van der Waals surface area contributed by atoms with Gasteiger partial charge < -0.3 is 10.1 Å². The molecule has 3 rings (SSSR count). The fraction of sp³-hybridized carbons (Fsp3) is 0.321. The van der Waals surface area contributed by atoms with Crippen LogP contribution < -0.4 is 14.4 Å². The normalized spacial score (nSPS) is 11.2. The lowest BCUT2D eigenvalue weighted by molar-refractivity contribution is 0.0947. The number of ether oxygens (including phenoxy) is 1. The monoisotopic (exact) mass is 494 g/mol. The van der Waals surface area contributed by atoms with E-state index in [1.807, 2.05) is 44.2 Å². The van der Waals surface area contributed by atoms with Crippen LogP contribution in [0.4, 0.5) is 5.69 Å². The number of nitrogens with zero attached hydrogens (tertiary/aromatic N) is 1. The van der Waals surface area contributed by atoms with Crippen LogP contribution in [0.1, 0.15) is 46.0 Å². The van der Waals surface area contributed by atoms with Crippen LogP contribution >= 0.6 is 0 Å². The largest absolute Gasteiger partial charge is 0.492 e. The van der Waals surface area contributed by atoms with Gasteiger partial charge in [-0.15, -0.1) is 0 Å². The predicted molar refractivity (Wildman–Crippen MR) is 142 cm³/mol. The summed E-state index contributed by atoms with van der Waals surface area (Å²) in [5.74, 6) is 0.579. The number of nitrogens with one attached hydrogen (secondary N) is 1. The molecule has 0 spiro atoms. The van der Waals surface area contributed by atoms with Crippen molar-refractivity contribution in [2.24, 2.45) is 0 Å². The second kappa shape index (κ2) is 11.9. The maximum Gasteiger partial charge on any atom is 0.251 e. The lowest BCUT2D eigenvalue weighted by Gasteiger charge is -2.23. The highest BCUT2D eigenvalue weighted by Crippen LogP contribution is 2.24.